The van der Waals surface area contributed by atoms with E-state index in [0.717, 1.165) is 9.69 Å². The van der Waals surface area contributed by atoms with Crippen LogP contribution in [-0.4, -0.2) is 23.0 Å². The largest absolute Gasteiger partial charge is 0.365 e. The van der Waals surface area contributed by atoms with Crippen LogP contribution in [0, 0.1) is 0 Å². The Hall–Kier alpha value is -3.47. The van der Waals surface area contributed by atoms with Crippen LogP contribution < -0.4 is 20.8 Å². The second-order valence-electron chi connectivity index (χ2n) is 7.34. The average Bonchev–Trinajstić information content (AvgIpc) is 2.76. The van der Waals surface area contributed by atoms with Crippen molar-refractivity contribution < 1.29 is 17.8 Å². The maximum absolute atomic E-state index is 13.7. The number of anilines is 1. The first-order valence-electron chi connectivity index (χ1n) is 9.77. The van der Waals surface area contributed by atoms with Crippen molar-refractivity contribution in [2.45, 2.75) is 11.8 Å². The highest BCUT2D eigenvalue weighted by Gasteiger charge is 2.29. The van der Waals surface area contributed by atoms with Gasteiger partial charge in [0.15, 0.2) is 12.4 Å². The van der Waals surface area contributed by atoms with Crippen molar-refractivity contribution in [3.8, 4) is 0 Å². The van der Waals surface area contributed by atoms with Crippen LogP contribution in [-0.2, 0) is 21.9 Å². The Morgan fingerprint density at radius 1 is 1.00 bits per heavy atom. The lowest BCUT2D eigenvalue weighted by atomic mass is 10.2. The van der Waals surface area contributed by atoms with Crippen LogP contribution in [0.15, 0.2) is 81.5 Å². The predicted molar refractivity (Wildman–Crippen MR) is 128 cm³/mol. The van der Waals surface area contributed by atoms with E-state index in [2.05, 4.69) is 0 Å². The Morgan fingerprint density at radius 3 is 2.26 bits per heavy atom. The molecule has 0 spiro atoms. The number of carbonyl (C=O) groups is 1. The normalized spacial score (nSPS) is 11.5. The summed E-state index contributed by atoms with van der Waals surface area (Å²) in [5.41, 5.74) is -2.12. The third kappa shape index (κ3) is 4.00. The molecule has 0 bridgehead atoms. The molecular weight excluding hydrogens is 503 g/mol. The number of hydrogen-bond acceptors (Lipinski definition) is 5. The van der Waals surface area contributed by atoms with Crippen molar-refractivity contribution in [3.05, 3.63) is 97.9 Å². The smallest absolute Gasteiger partial charge is 0.273 e. The molecule has 0 saturated carbocycles. The Balaban J connectivity index is 2.17. The number of aryl methyl sites for hydroxylation is 1. The highest BCUT2D eigenvalue weighted by molar-refractivity contribution is 7.90. The summed E-state index contributed by atoms with van der Waals surface area (Å²) >= 11 is 12.0. The summed E-state index contributed by atoms with van der Waals surface area (Å²) in [4.78, 5) is 39.4. The van der Waals surface area contributed by atoms with Gasteiger partial charge < -0.3 is 0 Å². The molecule has 4 rings (SSSR count). The molecule has 0 aliphatic rings. The second-order valence-corrected chi connectivity index (χ2v) is 10.0. The first kappa shape index (κ1) is 23.7. The molecule has 9 nitrogen and oxygen atoms in total. The topological polar surface area (TPSA) is 102 Å². The van der Waals surface area contributed by atoms with Crippen LogP contribution in [0.4, 0.5) is 5.69 Å². The third-order valence-electron chi connectivity index (χ3n) is 4.98. The van der Waals surface area contributed by atoms with Crippen molar-refractivity contribution in [2.75, 3.05) is 5.01 Å². The first-order valence-corrected chi connectivity index (χ1v) is 12.0. The lowest BCUT2D eigenvalue weighted by molar-refractivity contribution is -0.670. The highest BCUT2D eigenvalue weighted by Crippen LogP contribution is 2.21. The molecule has 0 aliphatic carbocycles. The molecule has 174 valence electrons. The van der Waals surface area contributed by atoms with Gasteiger partial charge in [-0.3, -0.25) is 9.59 Å². The summed E-state index contributed by atoms with van der Waals surface area (Å²) < 4.78 is 29.4. The predicted octanol–water partition coefficient (Wildman–Crippen LogP) is 2.35. The van der Waals surface area contributed by atoms with Gasteiger partial charge in [0, 0.05) is 23.0 Å². The van der Waals surface area contributed by atoms with Crippen LogP contribution in [0.25, 0.3) is 10.9 Å². The Bertz CT molecular complexity index is 1680. The fourth-order valence-corrected chi connectivity index (χ4v) is 5.08. The van der Waals surface area contributed by atoms with Crippen molar-refractivity contribution >= 4 is 55.7 Å². The molecule has 0 atom stereocenters. The van der Waals surface area contributed by atoms with E-state index in [1.807, 2.05) is 0 Å². The van der Waals surface area contributed by atoms with E-state index >= 15 is 0 Å². The molecule has 4 aromatic rings. The molecule has 1 amide bonds. The number of aromatic nitrogens is 3. The van der Waals surface area contributed by atoms with E-state index in [-0.39, 0.29) is 35.5 Å². The number of fused-ring (bicyclic) bond motifs is 1. The second kappa shape index (κ2) is 8.71. The summed E-state index contributed by atoms with van der Waals surface area (Å²) in [7, 11) is -2.94. The van der Waals surface area contributed by atoms with Gasteiger partial charge in [0.05, 0.1) is 15.8 Å². The third-order valence-corrected chi connectivity index (χ3v) is 7.13. The van der Waals surface area contributed by atoms with E-state index in [1.54, 1.807) is 36.1 Å². The number of carbonyl (C=O) groups excluding carboxylic acids is 1. The van der Waals surface area contributed by atoms with Crippen LogP contribution in [0.1, 0.15) is 6.92 Å². The van der Waals surface area contributed by atoms with E-state index in [4.69, 9.17) is 23.2 Å². The zero-order chi connectivity index (χ0) is 24.8. The fourth-order valence-electron chi connectivity index (χ4n) is 3.50. The van der Waals surface area contributed by atoms with Gasteiger partial charge >= 0.3 is 5.69 Å². The van der Waals surface area contributed by atoms with E-state index in [0.29, 0.717) is 0 Å². The van der Waals surface area contributed by atoms with Gasteiger partial charge in [0.2, 0.25) is 5.91 Å². The molecular formula is C22H17Cl2N4O5S+. The number of pyridine rings is 1. The fraction of sp³-hybridized carbons (Fsp3) is 0.0909. The summed E-state index contributed by atoms with van der Waals surface area (Å²) in [6.45, 7) is 1.21. The standard InChI is InChI=1S/C22H17Cl2N4O5S/c1-14(29)26(17-4-3-11-25(2)13-17)27-20-12-16(24)7-10-19(20)21(30)28(22(27)31)34(32,33)18-8-5-15(23)6-9-18/h3-13H,1-2H3/q+1. The lowest BCUT2D eigenvalue weighted by Gasteiger charge is -2.24. The first-order chi connectivity index (χ1) is 16.0. The van der Waals surface area contributed by atoms with Crippen molar-refractivity contribution in [2.24, 2.45) is 7.05 Å². The Labute approximate surface area is 203 Å². The number of rotatable bonds is 4. The average molecular weight is 520 g/mol. The maximum Gasteiger partial charge on any atom is 0.365 e. The molecule has 0 fully saturated rings. The lowest BCUT2D eigenvalue weighted by Crippen LogP contribution is -2.51. The summed E-state index contributed by atoms with van der Waals surface area (Å²) in [5.74, 6) is -0.608. The van der Waals surface area contributed by atoms with Crippen LogP contribution in [0.5, 0.6) is 0 Å². The molecule has 2 aromatic heterocycles. The van der Waals surface area contributed by atoms with Crippen molar-refractivity contribution in [1.29, 1.82) is 0 Å². The van der Waals surface area contributed by atoms with Gasteiger partial charge in [-0.25, -0.2) is 22.8 Å². The van der Waals surface area contributed by atoms with Gasteiger partial charge in [-0.05, 0) is 48.5 Å². The monoisotopic (exact) mass is 519 g/mol. The van der Waals surface area contributed by atoms with Crippen molar-refractivity contribution in [1.82, 2.24) is 8.65 Å². The van der Waals surface area contributed by atoms with E-state index < -0.39 is 27.2 Å². The Kier molecular flexibility index (Phi) is 6.07. The molecule has 2 aromatic carbocycles. The van der Waals surface area contributed by atoms with E-state index in [1.165, 1.54) is 49.4 Å². The van der Waals surface area contributed by atoms with Crippen molar-refractivity contribution in [3.63, 3.8) is 0 Å². The number of benzene rings is 2. The van der Waals surface area contributed by atoms with Gasteiger partial charge in [-0.2, -0.15) is 4.68 Å². The SMILES string of the molecule is CC(=O)N(c1ccc[n+](C)c1)n1c(=O)n(S(=O)(=O)c2ccc(Cl)cc2)c(=O)c2ccc(Cl)cc21. The number of nitrogens with zero attached hydrogens (tertiary/aromatic N) is 4. The van der Waals surface area contributed by atoms with Crippen LogP contribution in [0.3, 0.4) is 0 Å². The summed E-state index contributed by atoms with van der Waals surface area (Å²) in [6, 6.07) is 12.2. The van der Waals surface area contributed by atoms with E-state index in [9.17, 15) is 22.8 Å². The van der Waals surface area contributed by atoms with Gasteiger partial charge in [-0.15, -0.1) is 3.97 Å². The maximum atomic E-state index is 13.7. The highest BCUT2D eigenvalue weighted by atomic mass is 35.5. The molecule has 34 heavy (non-hydrogen) atoms. The summed E-state index contributed by atoms with van der Waals surface area (Å²) in [5, 5.41) is 1.30. The van der Waals surface area contributed by atoms with Gasteiger partial charge in [-0.1, -0.05) is 23.2 Å². The number of amides is 1. The number of hydrogen-bond donors (Lipinski definition) is 0. The van der Waals surface area contributed by atoms with Crippen LogP contribution >= 0.6 is 23.2 Å². The zero-order valence-electron chi connectivity index (χ0n) is 17.8. The molecule has 2 heterocycles. The number of halogens is 2. The quantitative estimate of drug-likeness (QED) is 0.385. The minimum Gasteiger partial charge on any atom is -0.273 e. The van der Waals surface area contributed by atoms with Gasteiger partial charge in [0.25, 0.3) is 15.6 Å². The molecule has 0 unspecified atom stereocenters. The molecule has 0 radical (unpaired) electrons. The minimum atomic E-state index is -4.65. The minimum absolute atomic E-state index is 0.0354. The summed E-state index contributed by atoms with van der Waals surface area (Å²) in [6.07, 6.45) is 3.28. The molecule has 0 N–H and O–H groups in total. The van der Waals surface area contributed by atoms with Crippen LogP contribution in [0.2, 0.25) is 10.0 Å². The zero-order valence-corrected chi connectivity index (χ0v) is 20.2. The van der Waals surface area contributed by atoms with Gasteiger partial charge in [0.1, 0.15) is 12.7 Å². The molecule has 0 saturated heterocycles. The molecule has 12 heteroatoms. The molecule has 0 aliphatic heterocycles. The Morgan fingerprint density at radius 2 is 1.65 bits per heavy atom.